The average molecular weight is 409 g/mol. The van der Waals surface area contributed by atoms with Gasteiger partial charge in [-0.1, -0.05) is 42.5 Å². The minimum atomic E-state index is -0.692. The molecule has 1 unspecified atom stereocenters. The molecule has 1 aliphatic heterocycles. The van der Waals surface area contributed by atoms with Crippen molar-refractivity contribution in [1.29, 1.82) is 0 Å². The third-order valence-corrected chi connectivity index (χ3v) is 5.41. The van der Waals surface area contributed by atoms with Gasteiger partial charge in [-0.3, -0.25) is 14.6 Å². The quantitative estimate of drug-likeness (QED) is 0.354. The van der Waals surface area contributed by atoms with Gasteiger partial charge in [-0.2, -0.15) is 0 Å². The molecule has 0 saturated heterocycles. The van der Waals surface area contributed by atoms with Crippen LogP contribution in [0.5, 0.6) is 0 Å². The standard InChI is InChI=1S/C25H19N3O3/c1-16(22-14-17-8-2-5-11-21(17)31-22)27-15-20-18-9-3-4-10-19(18)24(29)28(25(20)30)23-12-6-7-13-26-23/h2-16,20H,1H3/t16-,20?/m0/s1. The fraction of sp³-hybridized carbons (Fsp3) is 0.120. The van der Waals surface area contributed by atoms with Crippen molar-refractivity contribution in [2.75, 3.05) is 4.90 Å². The number of aliphatic imine (C=N–C) groups is 1. The van der Waals surface area contributed by atoms with Crippen molar-refractivity contribution in [2.24, 2.45) is 4.99 Å². The van der Waals surface area contributed by atoms with E-state index in [1.165, 1.54) is 0 Å². The second-order valence-electron chi connectivity index (χ2n) is 7.39. The van der Waals surface area contributed by atoms with E-state index < -0.39 is 5.92 Å². The first-order valence-corrected chi connectivity index (χ1v) is 10.0. The summed E-state index contributed by atoms with van der Waals surface area (Å²) in [7, 11) is 0. The lowest BCUT2D eigenvalue weighted by atomic mass is 9.89. The molecule has 2 aromatic carbocycles. The first-order valence-electron chi connectivity index (χ1n) is 10.0. The number of aromatic nitrogens is 1. The molecule has 0 spiro atoms. The second kappa shape index (κ2) is 7.65. The number of furan rings is 1. The van der Waals surface area contributed by atoms with Crippen LogP contribution in [-0.4, -0.2) is 23.0 Å². The summed E-state index contributed by atoms with van der Waals surface area (Å²) in [5.41, 5.74) is 1.91. The number of carbonyl (C=O) groups excluding carboxylic acids is 2. The molecule has 2 amide bonds. The zero-order valence-corrected chi connectivity index (χ0v) is 16.8. The number of amides is 2. The average Bonchev–Trinajstić information content (AvgIpc) is 3.24. The summed E-state index contributed by atoms with van der Waals surface area (Å²) in [5, 5.41) is 1.01. The van der Waals surface area contributed by atoms with Crippen LogP contribution in [0.2, 0.25) is 0 Å². The molecule has 6 heteroatoms. The molecule has 0 saturated carbocycles. The van der Waals surface area contributed by atoms with E-state index in [-0.39, 0.29) is 17.9 Å². The van der Waals surface area contributed by atoms with Crippen molar-refractivity contribution in [3.63, 3.8) is 0 Å². The van der Waals surface area contributed by atoms with E-state index in [2.05, 4.69) is 9.98 Å². The molecule has 0 radical (unpaired) electrons. The van der Waals surface area contributed by atoms with E-state index in [0.717, 1.165) is 15.9 Å². The molecular formula is C25H19N3O3. The number of nitrogens with zero attached hydrogens (tertiary/aromatic N) is 3. The monoisotopic (exact) mass is 409 g/mol. The highest BCUT2D eigenvalue weighted by molar-refractivity contribution is 6.28. The Morgan fingerprint density at radius 2 is 1.81 bits per heavy atom. The van der Waals surface area contributed by atoms with Crippen LogP contribution in [-0.2, 0) is 4.79 Å². The Labute approximate surface area is 178 Å². The van der Waals surface area contributed by atoms with Crippen LogP contribution in [0.3, 0.4) is 0 Å². The fourth-order valence-corrected chi connectivity index (χ4v) is 3.80. The molecule has 31 heavy (non-hydrogen) atoms. The Morgan fingerprint density at radius 1 is 1.03 bits per heavy atom. The van der Waals surface area contributed by atoms with Gasteiger partial charge in [0.25, 0.3) is 5.91 Å². The molecule has 4 aromatic rings. The topological polar surface area (TPSA) is 75.8 Å². The van der Waals surface area contributed by atoms with Crippen LogP contribution in [0.15, 0.2) is 88.4 Å². The zero-order valence-electron chi connectivity index (χ0n) is 16.8. The number of imide groups is 1. The summed E-state index contributed by atoms with van der Waals surface area (Å²) in [6, 6.07) is 21.7. The van der Waals surface area contributed by atoms with Crippen molar-refractivity contribution in [2.45, 2.75) is 18.9 Å². The minimum absolute atomic E-state index is 0.284. The number of pyridine rings is 1. The molecule has 1 aliphatic rings. The lowest BCUT2D eigenvalue weighted by Gasteiger charge is -2.30. The maximum absolute atomic E-state index is 13.3. The van der Waals surface area contributed by atoms with Crippen molar-refractivity contribution < 1.29 is 14.0 Å². The summed E-state index contributed by atoms with van der Waals surface area (Å²) in [5.74, 6) is -0.428. The molecular weight excluding hydrogens is 390 g/mol. The highest BCUT2D eigenvalue weighted by atomic mass is 16.3. The Kier molecular flexibility index (Phi) is 4.67. The molecule has 5 rings (SSSR count). The molecule has 6 nitrogen and oxygen atoms in total. The number of carbonyl (C=O) groups is 2. The highest BCUT2D eigenvalue weighted by Crippen LogP contribution is 2.32. The Hall–Kier alpha value is -4.06. The van der Waals surface area contributed by atoms with E-state index in [1.807, 2.05) is 43.3 Å². The van der Waals surface area contributed by atoms with Gasteiger partial charge in [-0.05, 0) is 42.8 Å². The Balaban J connectivity index is 1.51. The minimum Gasteiger partial charge on any atom is -0.459 e. The van der Waals surface area contributed by atoms with Crippen LogP contribution in [0.1, 0.15) is 40.6 Å². The van der Waals surface area contributed by atoms with Gasteiger partial charge < -0.3 is 4.42 Å². The Bertz CT molecular complexity index is 1280. The first kappa shape index (κ1) is 18.9. The normalized spacial score (nSPS) is 17.3. The molecule has 152 valence electrons. The SMILES string of the molecule is C[C@H](N=CC1C(=O)N(c2ccccn2)C(=O)c2ccccc21)c1cc2ccccc2o1. The third-order valence-electron chi connectivity index (χ3n) is 5.41. The predicted octanol–water partition coefficient (Wildman–Crippen LogP) is 4.93. The van der Waals surface area contributed by atoms with E-state index in [4.69, 9.17) is 4.42 Å². The Morgan fingerprint density at radius 3 is 2.61 bits per heavy atom. The van der Waals surface area contributed by atoms with Crippen LogP contribution in [0.4, 0.5) is 5.82 Å². The van der Waals surface area contributed by atoms with E-state index in [0.29, 0.717) is 22.7 Å². The van der Waals surface area contributed by atoms with Crippen LogP contribution in [0, 0.1) is 0 Å². The molecule has 0 N–H and O–H groups in total. The molecule has 0 aliphatic carbocycles. The summed E-state index contributed by atoms with van der Waals surface area (Å²) >= 11 is 0. The van der Waals surface area contributed by atoms with Crippen molar-refractivity contribution in [3.8, 4) is 0 Å². The van der Waals surface area contributed by atoms with Crippen molar-refractivity contribution >= 4 is 34.8 Å². The highest BCUT2D eigenvalue weighted by Gasteiger charge is 2.39. The van der Waals surface area contributed by atoms with Gasteiger partial charge in [0.1, 0.15) is 23.2 Å². The molecule has 2 atom stereocenters. The smallest absolute Gasteiger partial charge is 0.266 e. The largest absolute Gasteiger partial charge is 0.459 e. The number of fused-ring (bicyclic) bond motifs is 2. The molecule has 2 aromatic heterocycles. The molecule has 0 bridgehead atoms. The number of hydrogen-bond donors (Lipinski definition) is 0. The van der Waals surface area contributed by atoms with E-state index in [1.54, 1.807) is 48.8 Å². The summed E-state index contributed by atoms with van der Waals surface area (Å²) in [6.07, 6.45) is 3.17. The lowest BCUT2D eigenvalue weighted by Crippen LogP contribution is -2.46. The van der Waals surface area contributed by atoms with Crippen LogP contribution >= 0.6 is 0 Å². The van der Waals surface area contributed by atoms with Gasteiger partial charge in [0.15, 0.2) is 0 Å². The number of hydrogen-bond acceptors (Lipinski definition) is 5. The maximum Gasteiger partial charge on any atom is 0.266 e. The van der Waals surface area contributed by atoms with E-state index in [9.17, 15) is 9.59 Å². The number of para-hydroxylation sites is 1. The van der Waals surface area contributed by atoms with Gasteiger partial charge in [-0.15, -0.1) is 0 Å². The maximum atomic E-state index is 13.3. The van der Waals surface area contributed by atoms with Gasteiger partial charge in [0.05, 0.1) is 5.92 Å². The number of benzene rings is 2. The van der Waals surface area contributed by atoms with E-state index >= 15 is 0 Å². The van der Waals surface area contributed by atoms with Gasteiger partial charge >= 0.3 is 0 Å². The van der Waals surface area contributed by atoms with Crippen molar-refractivity contribution in [3.05, 3.63) is 95.9 Å². The van der Waals surface area contributed by atoms with Crippen LogP contribution in [0.25, 0.3) is 11.0 Å². The van der Waals surface area contributed by atoms with Gasteiger partial charge in [0.2, 0.25) is 5.91 Å². The fourth-order valence-electron chi connectivity index (χ4n) is 3.80. The summed E-state index contributed by atoms with van der Waals surface area (Å²) in [6.45, 7) is 1.91. The molecule has 0 fully saturated rings. The number of rotatable bonds is 4. The van der Waals surface area contributed by atoms with Crippen molar-refractivity contribution in [1.82, 2.24) is 4.98 Å². The number of anilines is 1. The predicted molar refractivity (Wildman–Crippen MR) is 118 cm³/mol. The van der Waals surface area contributed by atoms with Gasteiger partial charge in [-0.25, -0.2) is 9.88 Å². The lowest BCUT2D eigenvalue weighted by molar-refractivity contribution is -0.118. The first-order chi connectivity index (χ1) is 15.1. The zero-order chi connectivity index (χ0) is 21.4. The van der Waals surface area contributed by atoms with Crippen LogP contribution < -0.4 is 4.90 Å². The molecule has 3 heterocycles. The third kappa shape index (κ3) is 3.32. The van der Waals surface area contributed by atoms with Gasteiger partial charge in [0, 0.05) is 23.4 Å². The summed E-state index contributed by atoms with van der Waals surface area (Å²) < 4.78 is 5.90. The second-order valence-corrected chi connectivity index (χ2v) is 7.39. The summed E-state index contributed by atoms with van der Waals surface area (Å²) in [4.78, 5) is 36.3.